The molecule has 1 fully saturated rings. The number of hydrogen-bond acceptors (Lipinski definition) is 4. The third-order valence-electron chi connectivity index (χ3n) is 2.79. The van der Waals surface area contributed by atoms with Crippen molar-refractivity contribution in [2.75, 3.05) is 13.2 Å². The number of nitrogens with one attached hydrogen (secondary N) is 2. The van der Waals surface area contributed by atoms with Gasteiger partial charge in [-0.05, 0) is 19.8 Å². The van der Waals surface area contributed by atoms with E-state index in [0.29, 0.717) is 32.4 Å². The maximum absolute atomic E-state index is 11.1. The molecule has 0 spiro atoms. The van der Waals surface area contributed by atoms with E-state index in [1.54, 1.807) is 6.92 Å². The number of carboxylic acid groups (broad SMARTS) is 1. The molecule has 1 aliphatic rings. The molecule has 0 aromatic heterocycles. The smallest absolute Gasteiger partial charge is 0.407 e. The fourth-order valence-corrected chi connectivity index (χ4v) is 1.81. The summed E-state index contributed by atoms with van der Waals surface area (Å²) < 4.78 is 4.68. The summed E-state index contributed by atoms with van der Waals surface area (Å²) in [6.45, 7) is 6.51. The third kappa shape index (κ3) is 5.90. The Bertz CT molecular complexity index is 333. The molecule has 0 bridgehead atoms. The Balaban J connectivity index is 0.00000172. The van der Waals surface area contributed by atoms with Crippen molar-refractivity contribution in [1.82, 2.24) is 10.6 Å². The van der Waals surface area contributed by atoms with Crippen molar-refractivity contribution in [1.29, 1.82) is 0 Å². The van der Waals surface area contributed by atoms with Gasteiger partial charge in [-0.3, -0.25) is 4.79 Å². The van der Waals surface area contributed by atoms with Crippen LogP contribution in [0.25, 0.3) is 0 Å². The van der Waals surface area contributed by atoms with Crippen LogP contribution in [0.2, 0.25) is 0 Å². The number of carbonyl (C=O) groups excluding carboxylic acids is 2. The molecule has 1 saturated heterocycles. The highest BCUT2D eigenvalue weighted by Crippen LogP contribution is 2.21. The van der Waals surface area contributed by atoms with Gasteiger partial charge in [0.05, 0.1) is 12.5 Å². The second kappa shape index (κ2) is 10.1. The molecule has 0 aromatic rings. The Morgan fingerprint density at radius 2 is 2.00 bits per heavy atom. The van der Waals surface area contributed by atoms with E-state index in [-0.39, 0.29) is 5.91 Å². The number of β-lactam (4-membered cyclic amide) rings is 1. The maximum atomic E-state index is 11.1. The zero-order valence-corrected chi connectivity index (χ0v) is 12.3. The summed E-state index contributed by atoms with van der Waals surface area (Å²) in [6, 6.07) is -0.754. The van der Waals surface area contributed by atoms with Crippen molar-refractivity contribution >= 4 is 18.0 Å². The molecule has 2 atom stereocenters. The molecule has 7 nitrogen and oxygen atoms in total. The van der Waals surface area contributed by atoms with Crippen LogP contribution >= 0.6 is 0 Å². The van der Waals surface area contributed by atoms with Crippen molar-refractivity contribution in [2.24, 2.45) is 5.92 Å². The van der Waals surface area contributed by atoms with Gasteiger partial charge in [0.25, 0.3) is 0 Å². The first-order chi connectivity index (χ1) is 9.56. The SMILES string of the molecule is CC.CCOC(=O)NCCCC[C@H]1C(=O)NC1C(=O)O. The lowest BCUT2D eigenvalue weighted by Crippen LogP contribution is -2.61. The predicted octanol–water partition coefficient (Wildman–Crippen LogP) is 1.13. The van der Waals surface area contributed by atoms with Crippen LogP contribution in [0.1, 0.15) is 40.0 Å². The van der Waals surface area contributed by atoms with Gasteiger partial charge in [0.1, 0.15) is 6.04 Å². The fraction of sp³-hybridized carbons (Fsp3) is 0.769. The zero-order chi connectivity index (χ0) is 15.5. The van der Waals surface area contributed by atoms with E-state index in [2.05, 4.69) is 15.4 Å². The van der Waals surface area contributed by atoms with Crippen LogP contribution < -0.4 is 10.6 Å². The quantitative estimate of drug-likeness (QED) is 0.481. The summed E-state index contributed by atoms with van der Waals surface area (Å²) in [6.07, 6.45) is 1.44. The summed E-state index contributed by atoms with van der Waals surface area (Å²) in [5, 5.41) is 13.7. The van der Waals surface area contributed by atoms with Gasteiger partial charge in [0.2, 0.25) is 5.91 Å². The Morgan fingerprint density at radius 3 is 2.50 bits per heavy atom. The van der Waals surface area contributed by atoms with E-state index in [1.165, 1.54) is 0 Å². The van der Waals surface area contributed by atoms with E-state index in [0.717, 1.165) is 0 Å². The lowest BCUT2D eigenvalue weighted by atomic mass is 9.86. The highest BCUT2D eigenvalue weighted by Gasteiger charge is 2.43. The van der Waals surface area contributed by atoms with Gasteiger partial charge in [0, 0.05) is 6.54 Å². The normalized spacial score (nSPS) is 19.9. The molecule has 0 aliphatic carbocycles. The number of alkyl carbamates (subject to hydrolysis) is 1. The molecular weight excluding hydrogens is 264 g/mol. The van der Waals surface area contributed by atoms with Crippen LogP contribution in [0.15, 0.2) is 0 Å². The van der Waals surface area contributed by atoms with Gasteiger partial charge < -0.3 is 20.5 Å². The van der Waals surface area contributed by atoms with Crippen LogP contribution in [-0.2, 0) is 14.3 Å². The van der Waals surface area contributed by atoms with E-state index >= 15 is 0 Å². The molecule has 7 heteroatoms. The molecule has 20 heavy (non-hydrogen) atoms. The molecule has 1 aliphatic heterocycles. The molecule has 1 heterocycles. The van der Waals surface area contributed by atoms with Crippen LogP contribution in [0.5, 0.6) is 0 Å². The average Bonchev–Trinajstić information content (AvgIpc) is 2.42. The molecule has 1 unspecified atom stereocenters. The zero-order valence-electron chi connectivity index (χ0n) is 12.3. The van der Waals surface area contributed by atoms with E-state index in [9.17, 15) is 14.4 Å². The summed E-state index contributed by atoms with van der Waals surface area (Å²) in [7, 11) is 0. The van der Waals surface area contributed by atoms with Gasteiger partial charge in [-0.1, -0.05) is 20.3 Å². The Kier molecular flexibility index (Phi) is 9.15. The number of hydrogen-bond donors (Lipinski definition) is 3. The molecule has 3 N–H and O–H groups in total. The van der Waals surface area contributed by atoms with Crippen molar-refractivity contribution in [3.05, 3.63) is 0 Å². The number of amides is 2. The first-order valence-corrected chi connectivity index (χ1v) is 7.00. The van der Waals surface area contributed by atoms with Crippen LogP contribution in [-0.4, -0.2) is 42.3 Å². The van der Waals surface area contributed by atoms with Crippen LogP contribution in [0.3, 0.4) is 0 Å². The van der Waals surface area contributed by atoms with Gasteiger partial charge in [-0.25, -0.2) is 9.59 Å². The first kappa shape index (κ1) is 18.2. The Hall–Kier alpha value is -1.79. The summed E-state index contributed by atoms with van der Waals surface area (Å²) in [5.41, 5.74) is 0. The maximum Gasteiger partial charge on any atom is 0.407 e. The first-order valence-electron chi connectivity index (χ1n) is 7.00. The summed E-state index contributed by atoms with van der Waals surface area (Å²) in [4.78, 5) is 32.8. The Labute approximate surface area is 119 Å². The number of aliphatic carboxylic acids is 1. The number of rotatable bonds is 7. The second-order valence-electron chi connectivity index (χ2n) is 4.07. The number of unbranched alkanes of at least 4 members (excludes halogenated alkanes) is 1. The van der Waals surface area contributed by atoms with Crippen molar-refractivity contribution in [2.45, 2.75) is 46.1 Å². The lowest BCUT2D eigenvalue weighted by molar-refractivity contribution is -0.153. The molecule has 0 radical (unpaired) electrons. The van der Waals surface area contributed by atoms with Gasteiger partial charge in [-0.2, -0.15) is 0 Å². The minimum Gasteiger partial charge on any atom is -0.480 e. The lowest BCUT2D eigenvalue weighted by Gasteiger charge is -2.33. The monoisotopic (exact) mass is 288 g/mol. The van der Waals surface area contributed by atoms with Crippen LogP contribution in [0.4, 0.5) is 4.79 Å². The molecule has 0 saturated carbocycles. The fourth-order valence-electron chi connectivity index (χ4n) is 1.81. The van der Waals surface area contributed by atoms with E-state index < -0.39 is 24.0 Å². The van der Waals surface area contributed by atoms with E-state index in [1.807, 2.05) is 13.8 Å². The van der Waals surface area contributed by atoms with Crippen molar-refractivity contribution < 1.29 is 24.2 Å². The largest absolute Gasteiger partial charge is 0.480 e. The van der Waals surface area contributed by atoms with Crippen LogP contribution in [0, 0.1) is 5.92 Å². The van der Waals surface area contributed by atoms with Crippen molar-refractivity contribution in [3.63, 3.8) is 0 Å². The summed E-state index contributed by atoms with van der Waals surface area (Å²) in [5.74, 6) is -1.64. The molecule has 116 valence electrons. The van der Waals surface area contributed by atoms with Gasteiger partial charge in [-0.15, -0.1) is 0 Å². The topological polar surface area (TPSA) is 105 Å². The number of carbonyl (C=O) groups is 3. The second-order valence-corrected chi connectivity index (χ2v) is 4.07. The summed E-state index contributed by atoms with van der Waals surface area (Å²) >= 11 is 0. The van der Waals surface area contributed by atoms with E-state index in [4.69, 9.17) is 5.11 Å². The average molecular weight is 288 g/mol. The highest BCUT2D eigenvalue weighted by molar-refractivity contribution is 5.96. The number of ether oxygens (including phenoxy) is 1. The highest BCUT2D eigenvalue weighted by atomic mass is 16.5. The molecule has 2 amide bonds. The standard InChI is InChI=1S/C11H18N2O5.C2H6/c1-2-18-11(17)12-6-4-3-5-7-8(10(15)16)13-9(7)14;1-2/h7-8H,2-6H2,1H3,(H,12,17)(H,13,14)(H,15,16);1-2H3/t7-,8?;/m1./s1. The predicted molar refractivity (Wildman–Crippen MR) is 73.3 cm³/mol. The van der Waals surface area contributed by atoms with Gasteiger partial charge in [0.15, 0.2) is 0 Å². The van der Waals surface area contributed by atoms with Crippen molar-refractivity contribution in [3.8, 4) is 0 Å². The third-order valence-corrected chi connectivity index (χ3v) is 2.79. The molecular formula is C13H24N2O5. The molecule has 0 aromatic carbocycles. The minimum absolute atomic E-state index is 0.208. The minimum atomic E-state index is -0.996. The van der Waals surface area contributed by atoms with Gasteiger partial charge >= 0.3 is 12.1 Å². The Morgan fingerprint density at radius 1 is 1.35 bits per heavy atom. The number of carboxylic acids is 1. The molecule has 1 rings (SSSR count).